The van der Waals surface area contributed by atoms with Gasteiger partial charge in [0.25, 0.3) is 0 Å². The molecule has 4 aromatic rings. The van der Waals surface area contributed by atoms with Gasteiger partial charge >= 0.3 is 12.4 Å². The molecule has 4 aliphatic carbocycles. The summed E-state index contributed by atoms with van der Waals surface area (Å²) in [5, 5.41) is 29.1. The van der Waals surface area contributed by atoms with Crippen LogP contribution in [0.2, 0.25) is 0 Å². The lowest BCUT2D eigenvalue weighted by Gasteiger charge is -2.19. The summed E-state index contributed by atoms with van der Waals surface area (Å²) in [6.07, 6.45) is -4.23. The topological polar surface area (TPSA) is 228 Å². The van der Waals surface area contributed by atoms with Crippen molar-refractivity contribution in [3.63, 3.8) is 0 Å². The maximum Gasteiger partial charge on any atom is 0.417 e. The molecule has 4 saturated carbocycles. The molecule has 16 nitrogen and oxygen atoms in total. The molecule has 4 aliphatic rings. The number of alkyl halides is 6. The quantitative estimate of drug-likeness (QED) is 0.163. The Labute approximate surface area is 387 Å². The van der Waals surface area contributed by atoms with Gasteiger partial charge in [-0.25, -0.2) is 16.8 Å². The molecule has 4 fully saturated rings. The summed E-state index contributed by atoms with van der Waals surface area (Å²) in [4.78, 5) is 23.8. The smallest absolute Gasteiger partial charge is 0.381 e. The monoisotopic (exact) mass is 992 g/mol. The molecule has 2 amide bonds. The number of hydrogen-bond acceptors (Lipinski definition) is 12. The number of aromatic nitrogens is 4. The number of methoxy groups -OCH3 is 2. The van der Waals surface area contributed by atoms with Crippen molar-refractivity contribution in [1.82, 2.24) is 30.2 Å². The molecule has 6 atom stereocenters. The number of aryl methyl sites for hydroxylation is 2. The maximum atomic E-state index is 13.9. The number of benzene rings is 2. The molecule has 0 saturated heterocycles. The molecule has 8 rings (SSSR count). The van der Waals surface area contributed by atoms with E-state index >= 15 is 0 Å². The van der Waals surface area contributed by atoms with Gasteiger partial charge in [-0.3, -0.25) is 19.0 Å². The van der Waals surface area contributed by atoms with E-state index in [0.717, 1.165) is 24.3 Å². The van der Waals surface area contributed by atoms with Crippen molar-refractivity contribution in [2.75, 3.05) is 14.2 Å². The molecule has 24 heteroatoms. The van der Waals surface area contributed by atoms with E-state index in [1.165, 1.54) is 60.5 Å². The highest BCUT2D eigenvalue weighted by atomic mass is 32.2. The first-order valence-electron chi connectivity index (χ1n) is 21.2. The summed E-state index contributed by atoms with van der Waals surface area (Å²) in [5.41, 5.74) is -3.22. The molecule has 2 N–H and O–H groups in total. The molecule has 2 aromatic heterocycles. The molecular weight excluding hydrogens is 947 g/mol. The van der Waals surface area contributed by atoms with Crippen LogP contribution in [0.5, 0.6) is 0 Å². The number of halogens is 6. The highest BCUT2D eigenvalue weighted by Gasteiger charge is 2.53. The molecule has 0 bridgehead atoms. The minimum Gasteiger partial charge on any atom is -0.381 e. The summed E-state index contributed by atoms with van der Waals surface area (Å²) >= 11 is 0. The number of rotatable bonds is 12. The molecule has 0 spiro atoms. The van der Waals surface area contributed by atoms with Crippen LogP contribution >= 0.6 is 0 Å². The van der Waals surface area contributed by atoms with E-state index in [2.05, 4.69) is 20.8 Å². The predicted octanol–water partition coefficient (Wildman–Crippen LogP) is 5.69. The Morgan fingerprint density at radius 2 is 1.00 bits per heavy atom. The third-order valence-electron chi connectivity index (χ3n) is 13.0. The molecule has 0 radical (unpaired) electrons. The number of amides is 2. The van der Waals surface area contributed by atoms with E-state index < -0.39 is 110 Å². The summed E-state index contributed by atoms with van der Waals surface area (Å²) in [6, 6.07) is 10.2. The Morgan fingerprint density at radius 3 is 1.26 bits per heavy atom. The molecule has 364 valence electrons. The number of carbonyl (C=O) groups excluding carboxylic acids is 2. The molecule has 2 aromatic carbocycles. The van der Waals surface area contributed by atoms with E-state index in [0.29, 0.717) is 36.8 Å². The Bertz CT molecular complexity index is 2720. The van der Waals surface area contributed by atoms with Gasteiger partial charge in [-0.2, -0.15) is 47.1 Å². The van der Waals surface area contributed by atoms with Gasteiger partial charge in [-0.05, 0) is 86.8 Å². The van der Waals surface area contributed by atoms with Crippen molar-refractivity contribution in [1.29, 1.82) is 10.5 Å². The van der Waals surface area contributed by atoms with Crippen LogP contribution in [0.15, 0.2) is 71.0 Å². The molecule has 0 unspecified atom stereocenters. The lowest BCUT2D eigenvalue weighted by Crippen LogP contribution is -2.42. The fourth-order valence-electron chi connectivity index (χ4n) is 8.78. The minimum atomic E-state index is -4.91. The Morgan fingerprint density at radius 1 is 0.647 bits per heavy atom. The van der Waals surface area contributed by atoms with Crippen molar-refractivity contribution in [3.05, 3.63) is 72.3 Å². The van der Waals surface area contributed by atoms with E-state index in [4.69, 9.17) is 9.47 Å². The lowest BCUT2D eigenvalue weighted by molar-refractivity contribution is -0.140. The van der Waals surface area contributed by atoms with Crippen LogP contribution in [0.25, 0.3) is 22.3 Å². The molecule has 68 heavy (non-hydrogen) atoms. The maximum absolute atomic E-state index is 13.9. The Kier molecular flexibility index (Phi) is 13.4. The van der Waals surface area contributed by atoms with Gasteiger partial charge in [0, 0.05) is 51.8 Å². The number of carbonyl (C=O) groups is 2. The summed E-state index contributed by atoms with van der Waals surface area (Å²) in [6.45, 7) is 0. The highest BCUT2D eigenvalue weighted by molar-refractivity contribution is 7.92. The van der Waals surface area contributed by atoms with Crippen LogP contribution in [0.3, 0.4) is 0 Å². The first-order chi connectivity index (χ1) is 31.8. The second kappa shape index (κ2) is 18.3. The summed E-state index contributed by atoms with van der Waals surface area (Å²) < 4.78 is 151. The van der Waals surface area contributed by atoms with Crippen LogP contribution in [0, 0.1) is 34.5 Å². The standard InChI is InChI=1S/2C22H23F3N4O4S/c2*1-29-11-14(10-27-29)13-3-4-19(17(7-13)22(23,24)25)34(31,32)15-8-16(18(9-15)33-2)20(30)28-21(12-26)5-6-21/h2*3-4,7,10-11,15-16,18H,5-6,8-9H2,1-2H3,(H,28,30)/t2*15-,16-,18-/m10/s1. The van der Waals surface area contributed by atoms with Crippen molar-refractivity contribution >= 4 is 31.5 Å². The highest BCUT2D eigenvalue weighted by Crippen LogP contribution is 2.45. The number of hydrogen-bond donors (Lipinski definition) is 2. The van der Waals surface area contributed by atoms with Crippen molar-refractivity contribution in [3.8, 4) is 34.4 Å². The lowest BCUT2D eigenvalue weighted by atomic mass is 10.0. The number of ether oxygens (including phenoxy) is 2. The zero-order valence-corrected chi connectivity index (χ0v) is 38.6. The van der Waals surface area contributed by atoms with Gasteiger partial charge in [-0.1, -0.05) is 12.1 Å². The van der Waals surface area contributed by atoms with Gasteiger partial charge in [0.2, 0.25) is 11.8 Å². The first kappa shape index (κ1) is 50.1. The van der Waals surface area contributed by atoms with Gasteiger partial charge in [0.05, 0.1) is 80.0 Å². The predicted molar refractivity (Wildman–Crippen MR) is 228 cm³/mol. The summed E-state index contributed by atoms with van der Waals surface area (Å²) in [7, 11) is -3.03. The van der Waals surface area contributed by atoms with Gasteiger partial charge in [-0.15, -0.1) is 0 Å². The molecular formula is C44H46F6N8O8S2. The van der Waals surface area contributed by atoms with E-state index in [1.807, 2.05) is 12.1 Å². The van der Waals surface area contributed by atoms with E-state index in [9.17, 15) is 63.3 Å². The molecule has 2 heterocycles. The number of nitrogens with zero attached hydrogens (tertiary/aromatic N) is 6. The van der Waals surface area contributed by atoms with Crippen LogP contribution in [-0.4, -0.2) is 96.2 Å². The van der Waals surface area contributed by atoms with Gasteiger partial charge < -0.3 is 20.1 Å². The largest absolute Gasteiger partial charge is 0.417 e. The van der Waals surface area contributed by atoms with Crippen molar-refractivity contribution in [2.24, 2.45) is 25.9 Å². The van der Waals surface area contributed by atoms with Gasteiger partial charge in [0.1, 0.15) is 11.1 Å². The van der Waals surface area contributed by atoms with Crippen molar-refractivity contribution < 1.29 is 62.2 Å². The van der Waals surface area contributed by atoms with Crippen LogP contribution in [-0.2, 0) is 65.2 Å². The zero-order valence-electron chi connectivity index (χ0n) is 36.9. The zero-order chi connectivity index (χ0) is 49.8. The van der Waals surface area contributed by atoms with E-state index in [1.54, 1.807) is 14.1 Å². The molecule has 0 aliphatic heterocycles. The first-order valence-corrected chi connectivity index (χ1v) is 24.3. The van der Waals surface area contributed by atoms with Crippen molar-refractivity contribution in [2.45, 2.75) is 107 Å². The third kappa shape index (κ3) is 10.1. The number of nitrogens with one attached hydrogen (secondary N) is 2. The van der Waals surface area contributed by atoms with E-state index in [-0.39, 0.29) is 36.8 Å². The fraction of sp³-hybridized carbons (Fsp3) is 0.500. The van der Waals surface area contributed by atoms with Crippen LogP contribution in [0.4, 0.5) is 26.3 Å². The van der Waals surface area contributed by atoms with Crippen LogP contribution < -0.4 is 10.6 Å². The number of nitriles is 2. The van der Waals surface area contributed by atoms with Crippen LogP contribution in [0.1, 0.15) is 62.5 Å². The Balaban J connectivity index is 0.000000201. The normalized spacial score (nSPS) is 23.9. The minimum absolute atomic E-state index is 0.127. The summed E-state index contributed by atoms with van der Waals surface area (Å²) in [5.74, 6) is -2.82. The fourth-order valence-corrected chi connectivity index (χ4v) is 12.8. The van der Waals surface area contributed by atoms with Gasteiger partial charge in [0.15, 0.2) is 19.7 Å². The SMILES string of the molecule is CO[C@@H]1C[C@H](S(=O)(=O)c2ccc(-c3cnn(C)c3)cc2C(F)(F)F)C[C@H]1C(=O)NC1(C#N)CC1.CO[C@H]1C[C@@H](S(=O)(=O)c2ccc(-c3cnn(C)c3)cc2C(F)(F)F)C[C@@H]1C(=O)NC1(C#N)CC1. The number of sulfone groups is 2. The second-order valence-corrected chi connectivity index (χ2v) is 22.0. The Hall–Kier alpha value is -5.82. The average Bonchev–Trinajstić information content (AvgIpc) is 3.87. The third-order valence-corrected chi connectivity index (χ3v) is 17.5. The average molecular weight is 993 g/mol. The second-order valence-electron chi connectivity index (χ2n) is 17.6.